The third kappa shape index (κ3) is 5.24. The molecular weight excluding hydrogens is 394 g/mol. The number of nitrogens with one attached hydrogen (secondary N) is 1. The summed E-state index contributed by atoms with van der Waals surface area (Å²) in [4.78, 5) is 29.7. The van der Waals surface area contributed by atoms with Gasteiger partial charge in [0.1, 0.15) is 6.54 Å². The summed E-state index contributed by atoms with van der Waals surface area (Å²) >= 11 is 1.32. The van der Waals surface area contributed by atoms with Gasteiger partial charge < -0.3 is 24.1 Å². The molecule has 0 spiro atoms. The number of methoxy groups -OCH3 is 2. The Hall–Kier alpha value is -2.65. The van der Waals surface area contributed by atoms with Crippen LogP contribution in [0.1, 0.15) is 28.9 Å². The van der Waals surface area contributed by atoms with E-state index in [9.17, 15) is 9.59 Å². The van der Waals surface area contributed by atoms with Crippen LogP contribution < -0.4 is 19.6 Å². The van der Waals surface area contributed by atoms with E-state index in [4.69, 9.17) is 14.2 Å². The quantitative estimate of drug-likeness (QED) is 0.740. The standard InChI is InChI=1S/C20H25N3O5S/c1-13-12-29-20(23(13)11-18(24)21-10-15-5-4-8-28-15)22-19(25)14-6-7-16(26-2)17(9-14)27-3/h6-7,9,12,15H,4-5,8,10-11H2,1-3H3,(H,21,24). The maximum absolute atomic E-state index is 12.6. The Balaban J connectivity index is 1.74. The SMILES string of the molecule is COc1ccc(C(=O)N=c2scc(C)n2CC(=O)NCC2CCCO2)cc1OC. The summed E-state index contributed by atoms with van der Waals surface area (Å²) in [7, 11) is 3.04. The molecule has 2 amide bonds. The van der Waals surface area contributed by atoms with Crippen LogP contribution in [0.4, 0.5) is 0 Å². The summed E-state index contributed by atoms with van der Waals surface area (Å²) in [5, 5.41) is 4.76. The first-order valence-corrected chi connectivity index (χ1v) is 10.2. The topological polar surface area (TPSA) is 91.2 Å². The zero-order valence-corrected chi connectivity index (χ0v) is 17.6. The van der Waals surface area contributed by atoms with Crippen molar-refractivity contribution in [2.45, 2.75) is 32.4 Å². The highest BCUT2D eigenvalue weighted by atomic mass is 32.1. The van der Waals surface area contributed by atoms with Gasteiger partial charge in [0.15, 0.2) is 16.3 Å². The summed E-state index contributed by atoms with van der Waals surface area (Å²) in [5.74, 6) is 0.439. The van der Waals surface area contributed by atoms with Gasteiger partial charge in [0.25, 0.3) is 5.91 Å². The Morgan fingerprint density at radius 3 is 2.79 bits per heavy atom. The average Bonchev–Trinajstić information content (AvgIpc) is 3.37. The van der Waals surface area contributed by atoms with Crippen LogP contribution in [0.25, 0.3) is 0 Å². The van der Waals surface area contributed by atoms with Crippen LogP contribution in [-0.2, 0) is 16.1 Å². The first-order chi connectivity index (χ1) is 14.0. The zero-order valence-electron chi connectivity index (χ0n) is 16.8. The van der Waals surface area contributed by atoms with Gasteiger partial charge in [0, 0.05) is 29.8 Å². The highest BCUT2D eigenvalue weighted by molar-refractivity contribution is 7.07. The van der Waals surface area contributed by atoms with Gasteiger partial charge in [-0.3, -0.25) is 9.59 Å². The molecule has 0 saturated carbocycles. The summed E-state index contributed by atoms with van der Waals surface area (Å²) < 4.78 is 17.7. The fourth-order valence-electron chi connectivity index (χ4n) is 3.05. The molecule has 0 bridgehead atoms. The molecule has 1 saturated heterocycles. The number of nitrogens with zero attached hydrogens (tertiary/aromatic N) is 2. The smallest absolute Gasteiger partial charge is 0.279 e. The molecule has 2 aromatic rings. The molecule has 8 nitrogen and oxygen atoms in total. The molecule has 1 aromatic carbocycles. The number of aryl methyl sites for hydroxylation is 1. The van der Waals surface area contributed by atoms with Crippen LogP contribution >= 0.6 is 11.3 Å². The van der Waals surface area contributed by atoms with Gasteiger partial charge in [-0.25, -0.2) is 0 Å². The van der Waals surface area contributed by atoms with E-state index < -0.39 is 5.91 Å². The van der Waals surface area contributed by atoms with Crippen molar-refractivity contribution in [3.8, 4) is 11.5 Å². The van der Waals surface area contributed by atoms with Crippen LogP contribution in [0, 0.1) is 6.92 Å². The highest BCUT2D eigenvalue weighted by Crippen LogP contribution is 2.27. The Morgan fingerprint density at radius 1 is 1.31 bits per heavy atom. The van der Waals surface area contributed by atoms with Gasteiger partial charge in [0.05, 0.1) is 20.3 Å². The molecule has 2 heterocycles. The molecule has 1 aliphatic rings. The van der Waals surface area contributed by atoms with E-state index >= 15 is 0 Å². The molecule has 1 aliphatic heterocycles. The Kier molecular flexibility index (Phi) is 7.05. The van der Waals surface area contributed by atoms with Crippen molar-refractivity contribution in [3.63, 3.8) is 0 Å². The number of hydrogen-bond donors (Lipinski definition) is 1. The minimum atomic E-state index is -0.415. The van der Waals surface area contributed by atoms with Crippen molar-refractivity contribution in [1.29, 1.82) is 0 Å². The van der Waals surface area contributed by atoms with Crippen LogP contribution in [0.5, 0.6) is 11.5 Å². The second-order valence-corrected chi connectivity index (χ2v) is 7.51. The van der Waals surface area contributed by atoms with Gasteiger partial charge in [0.2, 0.25) is 5.91 Å². The van der Waals surface area contributed by atoms with Gasteiger partial charge in [-0.1, -0.05) is 0 Å². The van der Waals surface area contributed by atoms with Crippen molar-refractivity contribution in [2.24, 2.45) is 4.99 Å². The monoisotopic (exact) mass is 419 g/mol. The maximum Gasteiger partial charge on any atom is 0.279 e. The van der Waals surface area contributed by atoms with Gasteiger partial charge in [-0.2, -0.15) is 4.99 Å². The van der Waals surface area contributed by atoms with E-state index in [-0.39, 0.29) is 18.6 Å². The Bertz CT molecular complexity index is 944. The molecule has 3 rings (SSSR count). The Morgan fingerprint density at radius 2 is 2.10 bits per heavy atom. The number of amides is 2. The lowest BCUT2D eigenvalue weighted by Crippen LogP contribution is -2.36. The second kappa shape index (κ2) is 9.71. The van der Waals surface area contributed by atoms with Crippen LogP contribution in [0.3, 0.4) is 0 Å². The normalized spacial score (nSPS) is 16.7. The molecule has 1 aromatic heterocycles. The molecule has 29 heavy (non-hydrogen) atoms. The number of carbonyl (C=O) groups excluding carboxylic acids is 2. The summed E-state index contributed by atoms with van der Waals surface area (Å²) in [6.07, 6.45) is 2.08. The van der Waals surface area contributed by atoms with E-state index in [1.807, 2.05) is 12.3 Å². The van der Waals surface area contributed by atoms with Crippen LogP contribution in [-0.4, -0.2) is 49.9 Å². The van der Waals surface area contributed by atoms with Gasteiger partial charge in [-0.05, 0) is 38.0 Å². The lowest BCUT2D eigenvalue weighted by atomic mass is 10.2. The highest BCUT2D eigenvalue weighted by Gasteiger charge is 2.17. The van der Waals surface area contributed by atoms with E-state index in [0.29, 0.717) is 28.4 Å². The molecule has 9 heteroatoms. The zero-order chi connectivity index (χ0) is 20.8. The fraction of sp³-hybridized carbons (Fsp3) is 0.450. The predicted octanol–water partition coefficient (Wildman–Crippen LogP) is 1.91. The summed E-state index contributed by atoms with van der Waals surface area (Å²) in [6, 6.07) is 4.88. The third-order valence-corrected chi connectivity index (χ3v) is 5.65. The van der Waals surface area contributed by atoms with E-state index in [2.05, 4.69) is 10.3 Å². The molecule has 1 fully saturated rings. The molecule has 1 atom stereocenters. The van der Waals surface area contributed by atoms with E-state index in [1.54, 1.807) is 22.8 Å². The first-order valence-electron chi connectivity index (χ1n) is 9.36. The summed E-state index contributed by atoms with van der Waals surface area (Å²) in [6.45, 7) is 3.23. The van der Waals surface area contributed by atoms with Crippen molar-refractivity contribution in [1.82, 2.24) is 9.88 Å². The largest absolute Gasteiger partial charge is 0.493 e. The number of ether oxygens (including phenoxy) is 3. The molecule has 0 aliphatic carbocycles. The Labute approximate surface area is 173 Å². The van der Waals surface area contributed by atoms with E-state index in [1.165, 1.54) is 25.6 Å². The van der Waals surface area contributed by atoms with E-state index in [0.717, 1.165) is 25.1 Å². The number of benzene rings is 1. The van der Waals surface area contributed by atoms with Gasteiger partial charge >= 0.3 is 0 Å². The van der Waals surface area contributed by atoms with Crippen molar-refractivity contribution in [3.05, 3.63) is 39.6 Å². The maximum atomic E-state index is 12.6. The molecule has 1 N–H and O–H groups in total. The first kappa shape index (κ1) is 21.1. The molecule has 0 radical (unpaired) electrons. The van der Waals surface area contributed by atoms with Crippen LogP contribution in [0.15, 0.2) is 28.6 Å². The van der Waals surface area contributed by atoms with Crippen molar-refractivity contribution in [2.75, 3.05) is 27.4 Å². The third-order valence-electron chi connectivity index (χ3n) is 4.67. The number of rotatable bonds is 7. The van der Waals surface area contributed by atoms with Crippen molar-refractivity contribution < 1.29 is 23.8 Å². The molecule has 156 valence electrons. The second-order valence-electron chi connectivity index (χ2n) is 6.67. The summed E-state index contributed by atoms with van der Waals surface area (Å²) in [5.41, 5.74) is 1.24. The fourth-order valence-corrected chi connectivity index (χ4v) is 3.92. The minimum Gasteiger partial charge on any atom is -0.493 e. The lowest BCUT2D eigenvalue weighted by molar-refractivity contribution is -0.122. The predicted molar refractivity (Wildman–Crippen MR) is 108 cm³/mol. The number of hydrogen-bond acceptors (Lipinski definition) is 6. The average molecular weight is 420 g/mol. The van der Waals surface area contributed by atoms with Gasteiger partial charge in [-0.15, -0.1) is 11.3 Å². The van der Waals surface area contributed by atoms with Crippen molar-refractivity contribution >= 4 is 23.2 Å². The minimum absolute atomic E-state index is 0.0864. The number of aromatic nitrogens is 1. The number of thiazole rings is 1. The lowest BCUT2D eigenvalue weighted by Gasteiger charge is -2.11. The molecule has 1 unspecified atom stereocenters. The van der Waals surface area contributed by atoms with Crippen LogP contribution in [0.2, 0.25) is 0 Å². The number of carbonyl (C=O) groups is 2. The molecular formula is C20H25N3O5S.